The Morgan fingerprint density at radius 1 is 1.42 bits per heavy atom. The van der Waals surface area contributed by atoms with Crippen LogP contribution in [0.4, 0.5) is 0 Å². The summed E-state index contributed by atoms with van der Waals surface area (Å²) in [6, 6.07) is -0.115. The van der Waals surface area contributed by atoms with Crippen LogP contribution in [0.5, 0.6) is 0 Å². The molecule has 0 unspecified atom stereocenters. The zero-order valence-corrected chi connectivity index (χ0v) is 14.7. The molecule has 0 amide bonds. The molecule has 0 aromatic heterocycles. The average Bonchev–Trinajstić information content (AvgIpc) is 3.06. The topological polar surface area (TPSA) is 96.3 Å². The molecule has 0 aromatic rings. The van der Waals surface area contributed by atoms with Gasteiger partial charge in [0.25, 0.3) is 0 Å². The summed E-state index contributed by atoms with van der Waals surface area (Å²) in [6.45, 7) is 7.59. The Hall–Kier alpha value is -1.44. The largest absolute Gasteiger partial charge is 0.459 e. The minimum Gasteiger partial charge on any atom is -0.459 e. The zero-order valence-electron chi connectivity index (χ0n) is 14.7. The van der Waals surface area contributed by atoms with E-state index in [-0.39, 0.29) is 12.6 Å². The van der Waals surface area contributed by atoms with Crippen molar-refractivity contribution in [2.45, 2.75) is 58.0 Å². The van der Waals surface area contributed by atoms with Gasteiger partial charge in [-0.05, 0) is 24.8 Å². The molecular weight excluding hydrogens is 314 g/mol. The average molecular weight is 341 g/mol. The van der Waals surface area contributed by atoms with Crippen molar-refractivity contribution in [2.24, 2.45) is 5.92 Å². The van der Waals surface area contributed by atoms with Crippen molar-refractivity contribution < 1.29 is 29.3 Å². The first kappa shape index (κ1) is 18.9. The SMILES string of the molecule is CC(=O)O[C@H](C)[C@](O)(C(=O)OCC1=CCN2CC[C@H](O)[C@@H]12)C(C)C. The molecular formula is C17H27NO6. The second-order valence-electron chi connectivity index (χ2n) is 6.88. The Labute approximate surface area is 142 Å². The molecule has 2 rings (SSSR count). The lowest BCUT2D eigenvalue weighted by atomic mass is 9.85. The van der Waals surface area contributed by atoms with Crippen LogP contribution in [0, 0.1) is 5.92 Å². The van der Waals surface area contributed by atoms with E-state index >= 15 is 0 Å². The Morgan fingerprint density at radius 2 is 2.08 bits per heavy atom. The summed E-state index contributed by atoms with van der Waals surface area (Å²) in [7, 11) is 0. The number of carbonyl (C=O) groups excluding carboxylic acids is 2. The van der Waals surface area contributed by atoms with E-state index in [1.165, 1.54) is 13.8 Å². The van der Waals surface area contributed by atoms with Crippen LogP contribution in [0.2, 0.25) is 0 Å². The van der Waals surface area contributed by atoms with E-state index in [1.807, 2.05) is 6.08 Å². The van der Waals surface area contributed by atoms with Crippen LogP contribution in [0.15, 0.2) is 11.6 Å². The minimum atomic E-state index is -1.92. The van der Waals surface area contributed by atoms with Gasteiger partial charge in [-0.1, -0.05) is 19.9 Å². The van der Waals surface area contributed by atoms with E-state index in [1.54, 1.807) is 13.8 Å². The molecule has 0 bridgehead atoms. The summed E-state index contributed by atoms with van der Waals surface area (Å²) in [4.78, 5) is 25.8. The maximum atomic E-state index is 12.5. The van der Waals surface area contributed by atoms with E-state index in [0.29, 0.717) is 6.42 Å². The van der Waals surface area contributed by atoms with Crippen molar-refractivity contribution >= 4 is 11.9 Å². The van der Waals surface area contributed by atoms with Crippen LogP contribution in [0.3, 0.4) is 0 Å². The maximum absolute atomic E-state index is 12.5. The van der Waals surface area contributed by atoms with Gasteiger partial charge in [0.1, 0.15) is 12.7 Å². The van der Waals surface area contributed by atoms with Crippen LogP contribution < -0.4 is 0 Å². The molecule has 0 saturated carbocycles. The number of aliphatic hydroxyl groups is 2. The van der Waals surface area contributed by atoms with Crippen LogP contribution in [-0.2, 0) is 19.1 Å². The Bertz CT molecular complexity index is 531. The third-order valence-electron chi connectivity index (χ3n) is 4.98. The maximum Gasteiger partial charge on any atom is 0.342 e. The summed E-state index contributed by atoms with van der Waals surface area (Å²) in [6.07, 6.45) is 1.18. The van der Waals surface area contributed by atoms with Gasteiger partial charge in [-0.15, -0.1) is 0 Å². The van der Waals surface area contributed by atoms with Crippen molar-refractivity contribution in [2.75, 3.05) is 19.7 Å². The summed E-state index contributed by atoms with van der Waals surface area (Å²) in [5.74, 6) is -1.89. The molecule has 2 heterocycles. The standard InChI is InChI=1S/C17H27NO6/c1-10(2)17(22,11(3)24-12(4)19)16(21)23-9-13-5-7-18-8-6-14(20)15(13)18/h5,10-11,14-15,20,22H,6-9H2,1-4H3/t11-,14+,15-,17+/m1/s1. The first-order chi connectivity index (χ1) is 11.2. The summed E-state index contributed by atoms with van der Waals surface area (Å²) in [5, 5.41) is 20.8. The quantitative estimate of drug-likeness (QED) is 0.528. The third-order valence-corrected chi connectivity index (χ3v) is 4.98. The highest BCUT2D eigenvalue weighted by molar-refractivity contribution is 5.81. The predicted octanol–water partition coefficient (Wildman–Crippen LogP) is 0.244. The van der Waals surface area contributed by atoms with Gasteiger partial charge in [0.15, 0.2) is 0 Å². The second-order valence-corrected chi connectivity index (χ2v) is 6.88. The number of carbonyl (C=O) groups is 2. The number of ether oxygens (including phenoxy) is 2. The van der Waals surface area contributed by atoms with E-state index in [9.17, 15) is 19.8 Å². The van der Waals surface area contributed by atoms with Gasteiger partial charge in [0.05, 0.1) is 12.1 Å². The fraction of sp³-hybridized carbons (Fsp3) is 0.765. The van der Waals surface area contributed by atoms with Crippen molar-refractivity contribution in [3.8, 4) is 0 Å². The highest BCUT2D eigenvalue weighted by Gasteiger charge is 2.48. The molecule has 24 heavy (non-hydrogen) atoms. The monoisotopic (exact) mass is 341 g/mol. The summed E-state index contributed by atoms with van der Waals surface area (Å²) < 4.78 is 10.3. The molecule has 4 atom stereocenters. The van der Waals surface area contributed by atoms with Crippen LogP contribution in [0.1, 0.15) is 34.1 Å². The van der Waals surface area contributed by atoms with Crippen molar-refractivity contribution in [3.05, 3.63) is 11.6 Å². The lowest BCUT2D eigenvalue weighted by Gasteiger charge is -2.34. The fourth-order valence-electron chi connectivity index (χ4n) is 3.50. The van der Waals surface area contributed by atoms with Gasteiger partial charge in [0, 0.05) is 20.0 Å². The molecule has 2 N–H and O–H groups in total. The molecule has 1 fully saturated rings. The normalized spacial score (nSPS) is 27.4. The van der Waals surface area contributed by atoms with Crippen LogP contribution in [0.25, 0.3) is 0 Å². The smallest absolute Gasteiger partial charge is 0.342 e. The number of fused-ring (bicyclic) bond motifs is 1. The Kier molecular flexibility index (Phi) is 5.67. The third kappa shape index (κ3) is 3.48. The van der Waals surface area contributed by atoms with Crippen LogP contribution in [-0.4, -0.2) is 70.6 Å². The molecule has 0 aromatic carbocycles. The molecule has 7 heteroatoms. The van der Waals surface area contributed by atoms with Gasteiger partial charge in [0.2, 0.25) is 5.60 Å². The van der Waals surface area contributed by atoms with Crippen molar-refractivity contribution in [3.63, 3.8) is 0 Å². The Balaban J connectivity index is 2.02. The van der Waals surface area contributed by atoms with Gasteiger partial charge in [-0.2, -0.15) is 0 Å². The number of esters is 2. The molecule has 0 spiro atoms. The van der Waals surface area contributed by atoms with E-state index in [2.05, 4.69) is 4.90 Å². The lowest BCUT2D eigenvalue weighted by molar-refractivity contribution is -0.192. The highest BCUT2D eigenvalue weighted by Crippen LogP contribution is 2.30. The van der Waals surface area contributed by atoms with Crippen LogP contribution >= 0.6 is 0 Å². The van der Waals surface area contributed by atoms with Gasteiger partial charge in [-0.3, -0.25) is 9.69 Å². The second kappa shape index (κ2) is 7.21. The van der Waals surface area contributed by atoms with Crippen molar-refractivity contribution in [1.82, 2.24) is 4.90 Å². The first-order valence-electron chi connectivity index (χ1n) is 8.35. The number of rotatable bonds is 6. The van der Waals surface area contributed by atoms with Gasteiger partial charge < -0.3 is 19.7 Å². The number of hydrogen-bond donors (Lipinski definition) is 2. The molecule has 1 saturated heterocycles. The zero-order chi connectivity index (χ0) is 18.1. The fourth-order valence-corrected chi connectivity index (χ4v) is 3.50. The van der Waals surface area contributed by atoms with Crippen molar-refractivity contribution in [1.29, 1.82) is 0 Å². The minimum absolute atomic E-state index is 0.0128. The molecule has 7 nitrogen and oxygen atoms in total. The molecule has 136 valence electrons. The highest BCUT2D eigenvalue weighted by atomic mass is 16.6. The summed E-state index contributed by atoms with van der Waals surface area (Å²) in [5.41, 5.74) is -1.07. The van der Waals surface area contributed by atoms with E-state index < -0.39 is 35.7 Å². The van der Waals surface area contributed by atoms with Gasteiger partial charge >= 0.3 is 11.9 Å². The molecule has 0 radical (unpaired) electrons. The lowest BCUT2D eigenvalue weighted by Crippen LogP contribution is -2.55. The first-order valence-corrected chi connectivity index (χ1v) is 8.35. The molecule has 2 aliphatic rings. The molecule has 2 aliphatic heterocycles. The predicted molar refractivity (Wildman–Crippen MR) is 86.0 cm³/mol. The van der Waals surface area contributed by atoms with E-state index in [0.717, 1.165) is 18.7 Å². The van der Waals surface area contributed by atoms with E-state index in [4.69, 9.17) is 9.47 Å². The molecule has 0 aliphatic carbocycles. The van der Waals surface area contributed by atoms with Gasteiger partial charge in [-0.25, -0.2) is 4.79 Å². The number of aliphatic hydroxyl groups excluding tert-OH is 1. The number of hydrogen-bond acceptors (Lipinski definition) is 7. The summed E-state index contributed by atoms with van der Waals surface area (Å²) >= 11 is 0. The number of nitrogens with zero attached hydrogens (tertiary/aromatic N) is 1. The Morgan fingerprint density at radius 3 is 2.67 bits per heavy atom.